The van der Waals surface area contributed by atoms with Crippen LogP contribution in [0.1, 0.15) is 11.4 Å². The highest BCUT2D eigenvalue weighted by Crippen LogP contribution is 2.25. The first-order valence-corrected chi connectivity index (χ1v) is 6.08. The van der Waals surface area contributed by atoms with Gasteiger partial charge in [-0.1, -0.05) is 22.0 Å². The van der Waals surface area contributed by atoms with E-state index in [0.717, 1.165) is 27.4 Å². The van der Waals surface area contributed by atoms with Gasteiger partial charge < -0.3 is 10.1 Å². The number of nitrogens with zero attached hydrogens (tertiary/aromatic N) is 1. The van der Waals surface area contributed by atoms with Gasteiger partial charge in [0, 0.05) is 16.1 Å². The van der Waals surface area contributed by atoms with Crippen LogP contribution < -0.4 is 0 Å². The van der Waals surface area contributed by atoms with Gasteiger partial charge in [-0.3, -0.25) is 0 Å². The number of carboxylic acids is 1. The standard InChI is InChI=1S/C13H11BrN2O2/c1-8-2-3-9(14)6-10(8)11-7-15-12(16-11)4-5-13(17)18/h2-7H,1H3,(H,15,16)(H,17,18)/b5-4+. The fourth-order valence-corrected chi connectivity index (χ4v) is 1.95. The van der Waals surface area contributed by atoms with Crippen LogP contribution in [0.3, 0.4) is 0 Å². The van der Waals surface area contributed by atoms with Gasteiger partial charge in [0.1, 0.15) is 5.82 Å². The number of nitrogens with one attached hydrogen (secondary N) is 1. The van der Waals surface area contributed by atoms with E-state index in [-0.39, 0.29) is 0 Å². The maximum absolute atomic E-state index is 10.4. The highest BCUT2D eigenvalue weighted by atomic mass is 79.9. The maximum Gasteiger partial charge on any atom is 0.328 e. The van der Waals surface area contributed by atoms with E-state index in [4.69, 9.17) is 5.11 Å². The number of hydrogen-bond acceptors (Lipinski definition) is 2. The Labute approximate surface area is 113 Å². The molecular formula is C13H11BrN2O2. The number of hydrogen-bond donors (Lipinski definition) is 2. The third-order valence-corrected chi connectivity index (χ3v) is 2.96. The molecule has 0 saturated carbocycles. The summed E-state index contributed by atoms with van der Waals surface area (Å²) < 4.78 is 0.986. The minimum absolute atomic E-state index is 0.520. The van der Waals surface area contributed by atoms with Crippen LogP contribution >= 0.6 is 15.9 Å². The Kier molecular flexibility index (Phi) is 3.62. The molecule has 2 aromatic rings. The molecule has 0 aliphatic rings. The highest BCUT2D eigenvalue weighted by Gasteiger charge is 2.05. The number of benzene rings is 1. The van der Waals surface area contributed by atoms with Gasteiger partial charge in [-0.2, -0.15) is 0 Å². The van der Waals surface area contributed by atoms with Crippen molar-refractivity contribution in [2.24, 2.45) is 0 Å². The van der Waals surface area contributed by atoms with Gasteiger partial charge >= 0.3 is 5.97 Å². The van der Waals surface area contributed by atoms with E-state index in [2.05, 4.69) is 25.9 Å². The molecule has 18 heavy (non-hydrogen) atoms. The topological polar surface area (TPSA) is 66.0 Å². The number of aryl methyl sites for hydroxylation is 1. The Balaban J connectivity index is 2.35. The van der Waals surface area contributed by atoms with Gasteiger partial charge in [0.2, 0.25) is 0 Å². The third-order valence-electron chi connectivity index (χ3n) is 2.47. The molecule has 0 amide bonds. The van der Waals surface area contributed by atoms with Crippen molar-refractivity contribution in [3.05, 3.63) is 46.3 Å². The number of rotatable bonds is 3. The van der Waals surface area contributed by atoms with Crippen molar-refractivity contribution < 1.29 is 9.90 Å². The highest BCUT2D eigenvalue weighted by molar-refractivity contribution is 9.10. The number of carboxylic acid groups (broad SMARTS) is 1. The lowest BCUT2D eigenvalue weighted by atomic mass is 10.1. The van der Waals surface area contributed by atoms with Gasteiger partial charge in [-0.25, -0.2) is 9.78 Å². The first-order valence-electron chi connectivity index (χ1n) is 5.29. The lowest BCUT2D eigenvalue weighted by Gasteiger charge is -2.03. The summed E-state index contributed by atoms with van der Waals surface area (Å²) in [5.41, 5.74) is 3.02. The molecule has 0 atom stereocenters. The summed E-state index contributed by atoms with van der Waals surface area (Å²) in [5.74, 6) is -0.474. The Hall–Kier alpha value is -1.88. The molecule has 1 aromatic carbocycles. The molecule has 5 heteroatoms. The van der Waals surface area contributed by atoms with Gasteiger partial charge in [0.15, 0.2) is 0 Å². The molecule has 2 N–H and O–H groups in total. The summed E-state index contributed by atoms with van der Waals surface area (Å²) in [5, 5.41) is 8.54. The SMILES string of the molecule is Cc1ccc(Br)cc1-c1cnc(/C=C/C(=O)O)[nH]1. The number of carbonyl (C=O) groups is 1. The van der Waals surface area contributed by atoms with Gasteiger partial charge in [-0.15, -0.1) is 0 Å². The van der Waals surface area contributed by atoms with E-state index in [1.165, 1.54) is 6.08 Å². The molecule has 0 bridgehead atoms. The molecule has 0 unspecified atom stereocenters. The van der Waals surface area contributed by atoms with Gasteiger partial charge in [-0.05, 0) is 30.7 Å². The van der Waals surface area contributed by atoms with Crippen LogP contribution in [0.4, 0.5) is 0 Å². The van der Waals surface area contributed by atoms with Crippen LogP contribution in [0.2, 0.25) is 0 Å². The first-order chi connectivity index (χ1) is 8.56. The fraction of sp³-hybridized carbons (Fsp3) is 0.0769. The predicted molar refractivity (Wildman–Crippen MR) is 73.1 cm³/mol. The number of imidazole rings is 1. The van der Waals surface area contributed by atoms with E-state index in [1.54, 1.807) is 6.20 Å². The van der Waals surface area contributed by atoms with Crippen LogP contribution in [-0.2, 0) is 4.79 Å². The van der Waals surface area contributed by atoms with Gasteiger partial charge in [0.25, 0.3) is 0 Å². The van der Waals surface area contributed by atoms with E-state index >= 15 is 0 Å². The normalized spacial score (nSPS) is 11.0. The molecule has 0 saturated heterocycles. The monoisotopic (exact) mass is 306 g/mol. The molecule has 0 radical (unpaired) electrons. The minimum atomic E-state index is -0.994. The zero-order valence-corrected chi connectivity index (χ0v) is 11.2. The molecule has 0 spiro atoms. The number of H-pyrrole nitrogens is 1. The molecule has 0 aliphatic heterocycles. The second kappa shape index (κ2) is 5.18. The second-order valence-electron chi connectivity index (χ2n) is 3.81. The summed E-state index contributed by atoms with van der Waals surface area (Å²) in [7, 11) is 0. The second-order valence-corrected chi connectivity index (χ2v) is 4.73. The summed E-state index contributed by atoms with van der Waals surface area (Å²) in [6.45, 7) is 2.01. The van der Waals surface area contributed by atoms with Crippen LogP contribution in [0.15, 0.2) is 34.9 Å². The molecule has 1 aromatic heterocycles. The molecular weight excluding hydrogens is 296 g/mol. The van der Waals surface area contributed by atoms with Crippen LogP contribution in [0.5, 0.6) is 0 Å². The fourth-order valence-electron chi connectivity index (χ4n) is 1.59. The summed E-state index contributed by atoms with van der Waals surface area (Å²) in [4.78, 5) is 17.6. The summed E-state index contributed by atoms with van der Waals surface area (Å²) in [6, 6.07) is 5.97. The maximum atomic E-state index is 10.4. The number of aromatic amines is 1. The molecule has 0 aliphatic carbocycles. The average Bonchev–Trinajstić information content (AvgIpc) is 2.78. The van der Waals surface area contributed by atoms with Crippen molar-refractivity contribution >= 4 is 28.0 Å². The average molecular weight is 307 g/mol. The van der Waals surface area contributed by atoms with Gasteiger partial charge in [0.05, 0.1) is 11.9 Å². The van der Waals surface area contributed by atoms with Crippen LogP contribution in [-0.4, -0.2) is 21.0 Å². The number of aliphatic carboxylic acids is 1. The van der Waals surface area contributed by atoms with Crippen molar-refractivity contribution in [2.75, 3.05) is 0 Å². The Morgan fingerprint density at radius 3 is 3.00 bits per heavy atom. The Morgan fingerprint density at radius 1 is 1.50 bits per heavy atom. The van der Waals surface area contributed by atoms with E-state index in [1.807, 2.05) is 25.1 Å². The zero-order valence-electron chi connectivity index (χ0n) is 9.64. The quantitative estimate of drug-likeness (QED) is 0.856. The van der Waals surface area contributed by atoms with Crippen LogP contribution in [0.25, 0.3) is 17.3 Å². The van der Waals surface area contributed by atoms with Crippen molar-refractivity contribution in [1.29, 1.82) is 0 Å². The molecule has 1 heterocycles. The molecule has 2 rings (SSSR count). The molecule has 0 fully saturated rings. The van der Waals surface area contributed by atoms with E-state index in [9.17, 15) is 4.79 Å². The Morgan fingerprint density at radius 2 is 2.28 bits per heavy atom. The van der Waals surface area contributed by atoms with Crippen molar-refractivity contribution in [3.8, 4) is 11.3 Å². The predicted octanol–water partition coefficient (Wildman–Crippen LogP) is 3.25. The largest absolute Gasteiger partial charge is 0.478 e. The number of aromatic nitrogens is 2. The first kappa shape index (κ1) is 12.6. The van der Waals surface area contributed by atoms with E-state index < -0.39 is 5.97 Å². The number of halogens is 1. The van der Waals surface area contributed by atoms with Crippen LogP contribution in [0, 0.1) is 6.92 Å². The van der Waals surface area contributed by atoms with Crippen molar-refractivity contribution in [2.45, 2.75) is 6.92 Å². The zero-order chi connectivity index (χ0) is 13.1. The van der Waals surface area contributed by atoms with Crippen molar-refractivity contribution in [1.82, 2.24) is 9.97 Å². The molecule has 92 valence electrons. The smallest absolute Gasteiger partial charge is 0.328 e. The summed E-state index contributed by atoms with van der Waals surface area (Å²) >= 11 is 3.42. The minimum Gasteiger partial charge on any atom is -0.478 e. The molecule has 4 nitrogen and oxygen atoms in total. The lowest BCUT2D eigenvalue weighted by molar-refractivity contribution is -0.131. The van der Waals surface area contributed by atoms with E-state index in [0.29, 0.717) is 5.82 Å². The lowest BCUT2D eigenvalue weighted by Crippen LogP contribution is -1.87. The van der Waals surface area contributed by atoms with Crippen molar-refractivity contribution in [3.63, 3.8) is 0 Å². The third kappa shape index (κ3) is 2.87. The summed E-state index contributed by atoms with van der Waals surface area (Å²) in [6.07, 6.45) is 4.17. The Bertz CT molecular complexity index is 617.